The summed E-state index contributed by atoms with van der Waals surface area (Å²) >= 11 is 1.59. The maximum Gasteiger partial charge on any atom is 0.243 e. The van der Waals surface area contributed by atoms with Crippen molar-refractivity contribution in [3.63, 3.8) is 0 Å². The van der Waals surface area contributed by atoms with E-state index >= 15 is 0 Å². The van der Waals surface area contributed by atoms with Crippen LogP contribution in [0, 0.1) is 0 Å². The van der Waals surface area contributed by atoms with Gasteiger partial charge in [-0.1, -0.05) is 6.07 Å². The van der Waals surface area contributed by atoms with Crippen molar-refractivity contribution < 1.29 is 9.59 Å². The van der Waals surface area contributed by atoms with Crippen LogP contribution < -0.4 is 5.32 Å². The van der Waals surface area contributed by atoms with Crippen molar-refractivity contribution >= 4 is 23.2 Å². The van der Waals surface area contributed by atoms with E-state index in [1.54, 1.807) is 16.2 Å². The first-order chi connectivity index (χ1) is 9.24. The van der Waals surface area contributed by atoms with E-state index < -0.39 is 0 Å². The summed E-state index contributed by atoms with van der Waals surface area (Å²) in [4.78, 5) is 27.2. The van der Waals surface area contributed by atoms with Gasteiger partial charge in [0.25, 0.3) is 0 Å². The Morgan fingerprint density at radius 2 is 2.21 bits per heavy atom. The van der Waals surface area contributed by atoms with Gasteiger partial charge in [0.15, 0.2) is 0 Å². The zero-order chi connectivity index (χ0) is 13.2. The summed E-state index contributed by atoms with van der Waals surface area (Å²) in [6.07, 6.45) is 4.32. The van der Waals surface area contributed by atoms with E-state index in [0.29, 0.717) is 19.0 Å². The first kappa shape index (κ1) is 12.7. The highest BCUT2D eigenvalue weighted by molar-refractivity contribution is 7.10. The number of rotatable bonds is 4. The maximum atomic E-state index is 12.3. The number of thiophene rings is 1. The average molecular weight is 278 g/mol. The molecule has 1 saturated heterocycles. The molecule has 1 saturated carbocycles. The van der Waals surface area contributed by atoms with Crippen LogP contribution in [0.25, 0.3) is 0 Å². The zero-order valence-corrected chi connectivity index (χ0v) is 11.6. The number of carbonyl (C=O) groups excluding carboxylic acids is 2. The second-order valence-corrected chi connectivity index (χ2v) is 6.32. The first-order valence-corrected chi connectivity index (χ1v) is 7.74. The first-order valence-electron chi connectivity index (χ1n) is 6.86. The van der Waals surface area contributed by atoms with E-state index in [4.69, 9.17) is 0 Å². The molecule has 2 aliphatic rings. The fourth-order valence-electron chi connectivity index (χ4n) is 2.53. The number of amides is 2. The molecule has 1 atom stereocenters. The van der Waals surface area contributed by atoms with Gasteiger partial charge >= 0.3 is 0 Å². The number of hydrogen-bond acceptors (Lipinski definition) is 3. The van der Waals surface area contributed by atoms with E-state index in [-0.39, 0.29) is 17.9 Å². The third kappa shape index (κ3) is 2.97. The van der Waals surface area contributed by atoms with Crippen molar-refractivity contribution in [2.75, 3.05) is 6.54 Å². The highest BCUT2D eigenvalue weighted by Crippen LogP contribution is 2.23. The normalized spacial score (nSPS) is 22.5. The molecule has 0 spiro atoms. The summed E-state index contributed by atoms with van der Waals surface area (Å²) in [5, 5.41) is 4.99. The monoisotopic (exact) mass is 278 g/mol. The Kier molecular flexibility index (Phi) is 3.55. The van der Waals surface area contributed by atoms with Gasteiger partial charge in [0, 0.05) is 17.5 Å². The molecule has 19 heavy (non-hydrogen) atoms. The molecule has 2 heterocycles. The summed E-state index contributed by atoms with van der Waals surface area (Å²) in [5.41, 5.74) is 0. The van der Waals surface area contributed by atoms with Gasteiger partial charge < -0.3 is 10.2 Å². The molecule has 0 aromatic carbocycles. The molecule has 1 aromatic heterocycles. The molecule has 1 aromatic rings. The van der Waals surface area contributed by atoms with Crippen LogP contribution >= 0.6 is 11.3 Å². The van der Waals surface area contributed by atoms with Gasteiger partial charge in [-0.25, -0.2) is 0 Å². The molecule has 2 amide bonds. The van der Waals surface area contributed by atoms with Crippen LogP contribution in [0.15, 0.2) is 17.5 Å². The molecule has 1 aliphatic heterocycles. The molecule has 0 radical (unpaired) electrons. The van der Waals surface area contributed by atoms with Crippen LogP contribution in [-0.2, 0) is 16.0 Å². The minimum absolute atomic E-state index is 0.0412. The molecule has 2 fully saturated rings. The van der Waals surface area contributed by atoms with E-state index in [1.807, 2.05) is 17.5 Å². The second kappa shape index (κ2) is 5.33. The lowest BCUT2D eigenvalue weighted by atomic mass is 10.2. The molecule has 102 valence electrons. The van der Waals surface area contributed by atoms with Gasteiger partial charge in [0.1, 0.15) is 6.04 Å². The molecule has 1 aliphatic carbocycles. The Labute approximate surface area is 116 Å². The fourth-order valence-corrected chi connectivity index (χ4v) is 3.22. The summed E-state index contributed by atoms with van der Waals surface area (Å²) in [7, 11) is 0. The van der Waals surface area contributed by atoms with Gasteiger partial charge in [-0.3, -0.25) is 9.59 Å². The molecule has 3 rings (SSSR count). The molecular formula is C14H18N2O2S. The average Bonchev–Trinajstić information content (AvgIpc) is 2.91. The van der Waals surface area contributed by atoms with Gasteiger partial charge in [0.2, 0.25) is 11.8 Å². The minimum Gasteiger partial charge on any atom is -0.352 e. The van der Waals surface area contributed by atoms with E-state index in [0.717, 1.165) is 30.6 Å². The Morgan fingerprint density at radius 3 is 2.89 bits per heavy atom. The summed E-state index contributed by atoms with van der Waals surface area (Å²) in [6, 6.07) is 4.04. The second-order valence-electron chi connectivity index (χ2n) is 5.28. The Balaban J connectivity index is 1.61. The highest BCUT2D eigenvalue weighted by atomic mass is 32.1. The lowest BCUT2D eigenvalue weighted by molar-refractivity contribution is -0.138. The van der Waals surface area contributed by atoms with Crippen LogP contribution in [0.2, 0.25) is 0 Å². The van der Waals surface area contributed by atoms with E-state index in [2.05, 4.69) is 5.32 Å². The summed E-state index contributed by atoms with van der Waals surface area (Å²) < 4.78 is 0. The standard InChI is InChI=1S/C14H18N2O2S/c17-13(9-11-3-2-8-19-11)16-7-1-4-12(16)14(18)15-10-5-6-10/h2-3,8,10,12H,1,4-7,9H2,(H,15,18)/t12-/m1/s1. The van der Waals surface area contributed by atoms with Crippen LogP contribution in [0.5, 0.6) is 0 Å². The number of likely N-dealkylation sites (tertiary alicyclic amines) is 1. The van der Waals surface area contributed by atoms with Crippen LogP contribution in [0.1, 0.15) is 30.6 Å². The SMILES string of the molecule is O=C(NC1CC1)[C@H]1CCCN1C(=O)Cc1cccs1. The Bertz CT molecular complexity index is 468. The van der Waals surface area contributed by atoms with Crippen LogP contribution in [-0.4, -0.2) is 35.3 Å². The highest BCUT2D eigenvalue weighted by Gasteiger charge is 2.36. The number of nitrogens with one attached hydrogen (secondary N) is 1. The largest absolute Gasteiger partial charge is 0.352 e. The number of carbonyl (C=O) groups is 2. The molecule has 4 nitrogen and oxygen atoms in total. The van der Waals surface area contributed by atoms with Gasteiger partial charge in [-0.15, -0.1) is 11.3 Å². The zero-order valence-electron chi connectivity index (χ0n) is 10.8. The third-order valence-corrected chi connectivity index (χ3v) is 4.58. The summed E-state index contributed by atoms with van der Waals surface area (Å²) in [5.74, 6) is 0.121. The van der Waals surface area contributed by atoms with Crippen molar-refractivity contribution in [3.8, 4) is 0 Å². The molecule has 5 heteroatoms. The lowest BCUT2D eigenvalue weighted by Crippen LogP contribution is -2.46. The predicted octanol–water partition coefficient (Wildman–Crippen LogP) is 1.56. The fraction of sp³-hybridized carbons (Fsp3) is 0.571. The van der Waals surface area contributed by atoms with Gasteiger partial charge in [0.05, 0.1) is 6.42 Å². The van der Waals surface area contributed by atoms with E-state index in [9.17, 15) is 9.59 Å². The van der Waals surface area contributed by atoms with Gasteiger partial charge in [-0.2, -0.15) is 0 Å². The van der Waals surface area contributed by atoms with Crippen molar-refractivity contribution in [2.45, 2.75) is 44.2 Å². The Hall–Kier alpha value is -1.36. The quantitative estimate of drug-likeness (QED) is 0.908. The molecular weight excluding hydrogens is 260 g/mol. The molecule has 0 unspecified atom stereocenters. The van der Waals surface area contributed by atoms with Crippen molar-refractivity contribution in [3.05, 3.63) is 22.4 Å². The predicted molar refractivity (Wildman–Crippen MR) is 73.9 cm³/mol. The summed E-state index contributed by atoms with van der Waals surface area (Å²) in [6.45, 7) is 0.715. The smallest absolute Gasteiger partial charge is 0.243 e. The van der Waals surface area contributed by atoms with Crippen molar-refractivity contribution in [2.24, 2.45) is 0 Å². The van der Waals surface area contributed by atoms with Crippen molar-refractivity contribution in [1.82, 2.24) is 10.2 Å². The topological polar surface area (TPSA) is 49.4 Å². The Morgan fingerprint density at radius 1 is 1.37 bits per heavy atom. The number of nitrogens with zero attached hydrogens (tertiary/aromatic N) is 1. The maximum absolute atomic E-state index is 12.3. The van der Waals surface area contributed by atoms with Crippen LogP contribution in [0.4, 0.5) is 0 Å². The van der Waals surface area contributed by atoms with Crippen molar-refractivity contribution in [1.29, 1.82) is 0 Å². The molecule has 1 N–H and O–H groups in total. The number of hydrogen-bond donors (Lipinski definition) is 1. The third-order valence-electron chi connectivity index (χ3n) is 3.71. The van der Waals surface area contributed by atoms with E-state index in [1.165, 1.54) is 0 Å². The lowest BCUT2D eigenvalue weighted by Gasteiger charge is -2.23. The van der Waals surface area contributed by atoms with Gasteiger partial charge in [-0.05, 0) is 37.1 Å². The molecule has 0 bridgehead atoms. The minimum atomic E-state index is -0.243. The van der Waals surface area contributed by atoms with Crippen LogP contribution in [0.3, 0.4) is 0 Å².